The van der Waals surface area contributed by atoms with Gasteiger partial charge in [0.1, 0.15) is 42.7 Å². The monoisotopic (exact) mass is 784 g/mol. The Hall–Kier alpha value is -4.05. The van der Waals surface area contributed by atoms with Crippen LogP contribution in [-0.4, -0.2) is 97.2 Å². The third-order valence-corrected chi connectivity index (χ3v) is 9.99. The van der Waals surface area contributed by atoms with Gasteiger partial charge < -0.3 is 54.0 Å². The maximum Gasteiger partial charge on any atom is 0.217 e. The minimum absolute atomic E-state index is 0.0272. The number of carbonyl (C=O) groups is 1. The number of hydrogen-bond donors (Lipinski definition) is 4. The van der Waals surface area contributed by atoms with Gasteiger partial charge in [0.15, 0.2) is 12.6 Å². The Morgan fingerprint density at radius 3 is 1.54 bits per heavy atom. The summed E-state index contributed by atoms with van der Waals surface area (Å²) in [5, 5.41) is 29.1. The van der Waals surface area contributed by atoms with E-state index in [4.69, 9.17) is 33.2 Å². The standard InChI is InChI=1S/C45H56N2O10/c1-3-24-46-39-43(54-28-35-22-14-7-15-23-35)42(53-27-34-20-12-6-13-21-34)37(30-52-26-33-18-10-5-11-19-33)56-45(39)57-41-36(29-51-25-32-16-8-4-9-17-32)55-44(50)38(40(41)49)47-31(2)48/h4-23,36-46,49-50H,3,24-30H2,1-2H3,(H,47,48)/t36-,37-,38-,39-,40-,41-,42-,43-,44+,45+/m1/s1. The molecule has 0 spiro atoms. The number of nitrogens with one attached hydrogen (secondary N) is 2. The van der Waals surface area contributed by atoms with E-state index in [0.717, 1.165) is 28.7 Å². The van der Waals surface area contributed by atoms with E-state index >= 15 is 0 Å². The van der Waals surface area contributed by atoms with Crippen LogP contribution in [0.3, 0.4) is 0 Å². The van der Waals surface area contributed by atoms with Crippen molar-refractivity contribution in [3.8, 4) is 0 Å². The van der Waals surface area contributed by atoms with Gasteiger partial charge in [-0.3, -0.25) is 4.79 Å². The molecule has 4 aromatic rings. The molecule has 2 saturated heterocycles. The molecule has 57 heavy (non-hydrogen) atoms. The molecular formula is C45H56N2O10. The zero-order chi connectivity index (χ0) is 39.8. The number of amides is 1. The third-order valence-electron chi connectivity index (χ3n) is 9.99. The van der Waals surface area contributed by atoms with Gasteiger partial charge in [0.05, 0.1) is 45.7 Å². The fraction of sp³-hybridized carbons (Fsp3) is 0.444. The van der Waals surface area contributed by atoms with E-state index in [1.54, 1.807) is 0 Å². The number of hydrogen-bond acceptors (Lipinski definition) is 11. The van der Waals surface area contributed by atoms with E-state index in [0.29, 0.717) is 19.8 Å². The number of benzene rings is 4. The predicted octanol–water partition coefficient (Wildman–Crippen LogP) is 4.65. The lowest BCUT2D eigenvalue weighted by molar-refractivity contribution is -0.337. The molecule has 2 fully saturated rings. The summed E-state index contributed by atoms with van der Waals surface area (Å²) in [7, 11) is 0. The van der Waals surface area contributed by atoms with E-state index < -0.39 is 67.2 Å². The molecule has 4 N–H and O–H groups in total. The number of aliphatic hydroxyl groups excluding tert-OH is 2. The molecular weight excluding hydrogens is 728 g/mol. The minimum Gasteiger partial charge on any atom is -0.388 e. The average molecular weight is 785 g/mol. The van der Waals surface area contributed by atoms with E-state index in [1.807, 2.05) is 121 Å². The highest BCUT2D eigenvalue weighted by Crippen LogP contribution is 2.33. The lowest BCUT2D eigenvalue weighted by atomic mass is 9.94. The fourth-order valence-electron chi connectivity index (χ4n) is 7.13. The first-order valence-corrected chi connectivity index (χ1v) is 19.8. The zero-order valence-corrected chi connectivity index (χ0v) is 32.6. The fourth-order valence-corrected chi connectivity index (χ4v) is 7.13. The Balaban J connectivity index is 1.31. The van der Waals surface area contributed by atoms with Crippen LogP contribution in [0.2, 0.25) is 0 Å². The smallest absolute Gasteiger partial charge is 0.217 e. The molecule has 2 aliphatic heterocycles. The van der Waals surface area contributed by atoms with Crippen molar-refractivity contribution in [1.82, 2.24) is 10.6 Å². The van der Waals surface area contributed by atoms with Crippen molar-refractivity contribution in [3.05, 3.63) is 144 Å². The van der Waals surface area contributed by atoms with Gasteiger partial charge in [-0.15, -0.1) is 0 Å². The van der Waals surface area contributed by atoms with Crippen molar-refractivity contribution in [2.75, 3.05) is 19.8 Å². The Bertz CT molecular complexity index is 1720. The highest BCUT2D eigenvalue weighted by Gasteiger charge is 2.52. The first kappa shape index (κ1) is 42.6. The zero-order valence-electron chi connectivity index (χ0n) is 32.6. The minimum atomic E-state index is -1.52. The molecule has 12 nitrogen and oxygen atoms in total. The van der Waals surface area contributed by atoms with Crippen molar-refractivity contribution < 1.29 is 48.2 Å². The summed E-state index contributed by atoms with van der Waals surface area (Å²) in [6.45, 7) is 5.28. The molecule has 0 aliphatic carbocycles. The van der Waals surface area contributed by atoms with E-state index in [-0.39, 0.29) is 26.4 Å². The van der Waals surface area contributed by atoms with Crippen molar-refractivity contribution in [2.24, 2.45) is 0 Å². The second-order valence-electron chi connectivity index (χ2n) is 14.4. The van der Waals surface area contributed by atoms with Gasteiger partial charge in [-0.05, 0) is 35.2 Å². The number of rotatable bonds is 20. The summed E-state index contributed by atoms with van der Waals surface area (Å²) in [6.07, 6.45) is -7.14. The molecule has 4 aromatic carbocycles. The van der Waals surface area contributed by atoms with Gasteiger partial charge in [-0.2, -0.15) is 0 Å². The Morgan fingerprint density at radius 2 is 1.07 bits per heavy atom. The second-order valence-corrected chi connectivity index (χ2v) is 14.4. The van der Waals surface area contributed by atoms with Crippen LogP contribution in [0.15, 0.2) is 121 Å². The Morgan fingerprint density at radius 1 is 0.614 bits per heavy atom. The van der Waals surface area contributed by atoms with E-state index in [2.05, 4.69) is 17.6 Å². The van der Waals surface area contributed by atoms with E-state index in [9.17, 15) is 15.0 Å². The van der Waals surface area contributed by atoms with Gasteiger partial charge in [0.2, 0.25) is 5.91 Å². The van der Waals surface area contributed by atoms with Crippen LogP contribution in [0, 0.1) is 0 Å². The first-order chi connectivity index (χ1) is 27.9. The molecule has 1 amide bonds. The summed E-state index contributed by atoms with van der Waals surface area (Å²) >= 11 is 0. The van der Waals surface area contributed by atoms with Crippen molar-refractivity contribution in [3.63, 3.8) is 0 Å². The molecule has 12 heteroatoms. The normalized spacial score (nSPS) is 27.5. The van der Waals surface area contributed by atoms with Crippen molar-refractivity contribution in [1.29, 1.82) is 0 Å². The number of aliphatic hydroxyl groups is 2. The van der Waals surface area contributed by atoms with E-state index in [1.165, 1.54) is 6.92 Å². The van der Waals surface area contributed by atoms with Gasteiger partial charge in [-0.1, -0.05) is 128 Å². The molecule has 0 unspecified atom stereocenters. The predicted molar refractivity (Wildman–Crippen MR) is 212 cm³/mol. The lowest BCUT2D eigenvalue weighted by Gasteiger charge is -2.49. The third kappa shape index (κ3) is 12.5. The van der Waals surface area contributed by atoms with Gasteiger partial charge in [0.25, 0.3) is 0 Å². The number of ether oxygens (including phenoxy) is 7. The lowest BCUT2D eigenvalue weighted by Crippen LogP contribution is -2.69. The van der Waals surface area contributed by atoms with Gasteiger partial charge in [0, 0.05) is 6.92 Å². The number of carbonyl (C=O) groups excluding carboxylic acids is 1. The summed E-state index contributed by atoms with van der Waals surface area (Å²) in [6, 6.07) is 37.6. The SMILES string of the molecule is CCCN[C@H]1[C@H](O[C@H]2[C@H](O)[C@@H](NC(C)=O)[C@@H](O)O[C@@H]2COCc2ccccc2)O[C@H](COCc2ccccc2)[C@@H](OCc2ccccc2)[C@@H]1OCc1ccccc1. The van der Waals surface area contributed by atoms with Gasteiger partial charge in [-0.25, -0.2) is 0 Å². The molecule has 10 atom stereocenters. The van der Waals surface area contributed by atoms with Crippen LogP contribution in [0.5, 0.6) is 0 Å². The molecule has 0 saturated carbocycles. The summed E-state index contributed by atoms with van der Waals surface area (Å²) in [5.74, 6) is -0.445. The van der Waals surface area contributed by atoms with Crippen LogP contribution in [-0.2, 0) is 64.4 Å². The van der Waals surface area contributed by atoms with Crippen LogP contribution < -0.4 is 10.6 Å². The molecule has 6 rings (SSSR count). The topological polar surface area (TPSA) is 146 Å². The summed E-state index contributed by atoms with van der Waals surface area (Å²) < 4.78 is 45.7. The highest BCUT2D eigenvalue weighted by molar-refractivity contribution is 5.73. The average Bonchev–Trinajstić information content (AvgIpc) is 3.23. The van der Waals surface area contributed by atoms with Crippen molar-refractivity contribution >= 4 is 5.91 Å². The molecule has 2 aliphatic rings. The van der Waals surface area contributed by atoms with Crippen LogP contribution in [0.25, 0.3) is 0 Å². The molecule has 306 valence electrons. The van der Waals surface area contributed by atoms with Crippen LogP contribution in [0.4, 0.5) is 0 Å². The van der Waals surface area contributed by atoms with Crippen LogP contribution >= 0.6 is 0 Å². The largest absolute Gasteiger partial charge is 0.388 e. The summed E-state index contributed by atoms with van der Waals surface area (Å²) in [5.41, 5.74) is 3.92. The Kier molecular flexibility index (Phi) is 16.6. The maximum atomic E-state index is 12.2. The second kappa shape index (κ2) is 22.2. The highest BCUT2D eigenvalue weighted by atomic mass is 16.7. The first-order valence-electron chi connectivity index (χ1n) is 19.8. The quantitative estimate of drug-likeness (QED) is 0.0994. The molecule has 0 aromatic heterocycles. The summed E-state index contributed by atoms with van der Waals surface area (Å²) in [4.78, 5) is 12.2. The maximum absolute atomic E-state index is 12.2. The van der Waals surface area contributed by atoms with Gasteiger partial charge >= 0.3 is 0 Å². The Labute approximate surface area is 335 Å². The molecule has 0 bridgehead atoms. The van der Waals surface area contributed by atoms with Crippen LogP contribution in [0.1, 0.15) is 42.5 Å². The molecule has 2 heterocycles. The van der Waals surface area contributed by atoms with Crippen molar-refractivity contribution in [2.45, 2.75) is 108 Å². The molecule has 0 radical (unpaired) electrons.